The lowest BCUT2D eigenvalue weighted by Crippen LogP contribution is -2.40. The van der Waals surface area contributed by atoms with Crippen LogP contribution in [0.1, 0.15) is 24.5 Å². The minimum absolute atomic E-state index is 0.159. The van der Waals surface area contributed by atoms with Crippen molar-refractivity contribution in [3.05, 3.63) is 53.9 Å². The molecule has 7 nitrogen and oxygen atoms in total. The number of pyridine rings is 1. The van der Waals surface area contributed by atoms with Gasteiger partial charge in [-0.05, 0) is 36.6 Å². The van der Waals surface area contributed by atoms with Gasteiger partial charge in [-0.1, -0.05) is 19.4 Å². The van der Waals surface area contributed by atoms with Gasteiger partial charge in [0, 0.05) is 30.9 Å². The number of rotatable bonds is 7. The summed E-state index contributed by atoms with van der Waals surface area (Å²) in [4.78, 5) is 12.7. The molecular formula is C21H28N3O4S+. The lowest BCUT2D eigenvalue weighted by molar-refractivity contribution is -0.684. The van der Waals surface area contributed by atoms with Crippen molar-refractivity contribution < 1.29 is 22.5 Å². The molecule has 0 radical (unpaired) electrons. The highest BCUT2D eigenvalue weighted by molar-refractivity contribution is 7.89. The van der Waals surface area contributed by atoms with E-state index in [0.29, 0.717) is 32.0 Å². The first-order chi connectivity index (χ1) is 13.9. The minimum Gasteiger partial charge on any atom is -0.379 e. The molecule has 1 N–H and O–H groups in total. The van der Waals surface area contributed by atoms with Crippen LogP contribution in [0.4, 0.5) is 5.69 Å². The average Bonchev–Trinajstić information content (AvgIpc) is 2.72. The lowest BCUT2D eigenvalue weighted by atomic mass is 10.1. The number of aromatic nitrogens is 1. The third kappa shape index (κ3) is 5.41. The van der Waals surface area contributed by atoms with Gasteiger partial charge in [-0.15, -0.1) is 0 Å². The molecule has 156 valence electrons. The number of nitrogens with one attached hydrogen (secondary N) is 1. The van der Waals surface area contributed by atoms with E-state index < -0.39 is 10.0 Å². The molecule has 29 heavy (non-hydrogen) atoms. The Labute approximate surface area is 172 Å². The molecule has 8 heteroatoms. The minimum atomic E-state index is -3.61. The number of hydrogen-bond acceptors (Lipinski definition) is 4. The van der Waals surface area contributed by atoms with Crippen molar-refractivity contribution >= 4 is 21.6 Å². The van der Waals surface area contributed by atoms with Crippen molar-refractivity contribution in [2.75, 3.05) is 31.6 Å². The summed E-state index contributed by atoms with van der Waals surface area (Å²) >= 11 is 0. The molecule has 0 atom stereocenters. The number of ether oxygens (including phenoxy) is 1. The normalized spacial score (nSPS) is 15.2. The van der Waals surface area contributed by atoms with Gasteiger partial charge >= 0.3 is 0 Å². The standard InChI is InChI=1S/C21H27N3O4S/c1-3-4-18-7-9-23(10-8-18)16-21(25)22-20-15-19(6-5-17(20)2)29(26,27)24-11-13-28-14-12-24/h5-10,15H,3-4,11-14,16H2,1-2H3/p+1. The number of amides is 1. The molecule has 0 unspecified atom stereocenters. The first kappa shape index (κ1) is 21.4. The molecule has 3 rings (SSSR count). The molecule has 2 heterocycles. The summed E-state index contributed by atoms with van der Waals surface area (Å²) in [6, 6.07) is 8.86. The van der Waals surface area contributed by atoms with Crippen LogP contribution in [-0.4, -0.2) is 44.9 Å². The molecule has 1 amide bonds. The van der Waals surface area contributed by atoms with Crippen LogP contribution in [0.5, 0.6) is 0 Å². The Bertz CT molecular complexity index is 952. The fourth-order valence-electron chi connectivity index (χ4n) is 3.24. The molecule has 0 aliphatic carbocycles. The van der Waals surface area contributed by atoms with Crippen LogP contribution in [0.15, 0.2) is 47.6 Å². The van der Waals surface area contributed by atoms with Crippen LogP contribution in [0.25, 0.3) is 0 Å². The highest BCUT2D eigenvalue weighted by Gasteiger charge is 2.27. The molecule has 0 bridgehead atoms. The number of aryl methyl sites for hydroxylation is 2. The number of sulfonamides is 1. The van der Waals surface area contributed by atoms with E-state index in [-0.39, 0.29) is 17.3 Å². The summed E-state index contributed by atoms with van der Waals surface area (Å²) in [7, 11) is -3.61. The molecule has 1 aliphatic rings. The Morgan fingerprint density at radius 1 is 1.17 bits per heavy atom. The fraction of sp³-hybridized carbons (Fsp3) is 0.429. The Morgan fingerprint density at radius 3 is 2.52 bits per heavy atom. The predicted molar refractivity (Wildman–Crippen MR) is 110 cm³/mol. The van der Waals surface area contributed by atoms with Crippen LogP contribution in [-0.2, 0) is 32.5 Å². The van der Waals surface area contributed by atoms with Crippen molar-refractivity contribution in [2.24, 2.45) is 0 Å². The maximum absolute atomic E-state index is 12.9. The first-order valence-electron chi connectivity index (χ1n) is 9.86. The van der Waals surface area contributed by atoms with Gasteiger partial charge in [0.25, 0.3) is 5.91 Å². The first-order valence-corrected chi connectivity index (χ1v) is 11.3. The van der Waals surface area contributed by atoms with Crippen molar-refractivity contribution in [2.45, 2.75) is 38.1 Å². The zero-order valence-corrected chi connectivity index (χ0v) is 17.7. The zero-order valence-electron chi connectivity index (χ0n) is 16.9. The Kier molecular flexibility index (Phi) is 7.00. The highest BCUT2D eigenvalue weighted by Crippen LogP contribution is 2.23. The van der Waals surface area contributed by atoms with E-state index in [1.54, 1.807) is 16.7 Å². The summed E-state index contributed by atoms with van der Waals surface area (Å²) in [6.45, 7) is 5.58. The van der Waals surface area contributed by atoms with E-state index in [1.807, 2.05) is 31.5 Å². The van der Waals surface area contributed by atoms with Gasteiger partial charge < -0.3 is 10.1 Å². The van der Waals surface area contributed by atoms with Gasteiger partial charge in [-0.25, -0.2) is 8.42 Å². The number of hydrogen-bond donors (Lipinski definition) is 1. The summed E-state index contributed by atoms with van der Waals surface area (Å²) in [5.41, 5.74) is 2.55. The second kappa shape index (κ2) is 9.47. The van der Waals surface area contributed by atoms with Gasteiger partial charge in [0.15, 0.2) is 12.4 Å². The van der Waals surface area contributed by atoms with Crippen molar-refractivity contribution in [3.8, 4) is 0 Å². The van der Waals surface area contributed by atoms with E-state index in [4.69, 9.17) is 4.74 Å². The molecule has 1 aromatic heterocycles. The number of nitrogens with zero attached hydrogens (tertiary/aromatic N) is 2. The fourth-order valence-corrected chi connectivity index (χ4v) is 4.67. The Balaban J connectivity index is 1.71. The molecule has 1 aromatic carbocycles. The van der Waals surface area contributed by atoms with E-state index in [9.17, 15) is 13.2 Å². The topological polar surface area (TPSA) is 79.6 Å². The Morgan fingerprint density at radius 2 is 1.86 bits per heavy atom. The van der Waals surface area contributed by atoms with Gasteiger partial charge in [-0.3, -0.25) is 4.79 Å². The molecule has 1 saturated heterocycles. The zero-order chi connectivity index (χ0) is 20.9. The third-order valence-electron chi connectivity index (χ3n) is 4.92. The lowest BCUT2D eigenvalue weighted by Gasteiger charge is -2.26. The van der Waals surface area contributed by atoms with E-state index in [2.05, 4.69) is 12.2 Å². The van der Waals surface area contributed by atoms with E-state index >= 15 is 0 Å². The maximum Gasteiger partial charge on any atom is 0.290 e. The second-order valence-corrected chi connectivity index (χ2v) is 9.11. The van der Waals surface area contributed by atoms with Crippen LogP contribution < -0.4 is 9.88 Å². The number of carbonyl (C=O) groups excluding carboxylic acids is 1. The van der Waals surface area contributed by atoms with E-state index in [0.717, 1.165) is 18.4 Å². The van der Waals surface area contributed by atoms with Crippen LogP contribution in [0.2, 0.25) is 0 Å². The molecule has 0 spiro atoms. The smallest absolute Gasteiger partial charge is 0.290 e. The number of anilines is 1. The van der Waals surface area contributed by atoms with Crippen LogP contribution >= 0.6 is 0 Å². The van der Waals surface area contributed by atoms with Gasteiger partial charge in [-0.2, -0.15) is 8.87 Å². The van der Waals surface area contributed by atoms with Gasteiger partial charge in [0.2, 0.25) is 16.6 Å². The maximum atomic E-state index is 12.9. The number of morpholine rings is 1. The van der Waals surface area contributed by atoms with Crippen molar-refractivity contribution in [1.29, 1.82) is 0 Å². The molecule has 2 aromatic rings. The SMILES string of the molecule is CCCc1cc[n+](CC(=O)Nc2cc(S(=O)(=O)N3CCOCC3)ccc2C)cc1. The molecule has 1 fully saturated rings. The number of benzene rings is 1. The molecular weight excluding hydrogens is 390 g/mol. The quantitative estimate of drug-likeness (QED) is 0.697. The van der Waals surface area contributed by atoms with Crippen LogP contribution in [0, 0.1) is 6.92 Å². The summed E-state index contributed by atoms with van der Waals surface area (Å²) in [5.74, 6) is -0.206. The monoisotopic (exact) mass is 418 g/mol. The number of carbonyl (C=O) groups is 1. The summed E-state index contributed by atoms with van der Waals surface area (Å²) in [6.07, 6.45) is 5.86. The van der Waals surface area contributed by atoms with Crippen LogP contribution in [0.3, 0.4) is 0 Å². The van der Waals surface area contributed by atoms with Gasteiger partial charge in [0.1, 0.15) is 0 Å². The Hall–Kier alpha value is -2.29. The third-order valence-corrected chi connectivity index (χ3v) is 6.81. The predicted octanol–water partition coefficient (Wildman–Crippen LogP) is 1.89. The summed E-state index contributed by atoms with van der Waals surface area (Å²) < 4.78 is 34.2. The summed E-state index contributed by atoms with van der Waals surface area (Å²) in [5, 5.41) is 2.85. The van der Waals surface area contributed by atoms with Crippen molar-refractivity contribution in [1.82, 2.24) is 4.31 Å². The highest BCUT2D eigenvalue weighted by atomic mass is 32.2. The molecule has 1 aliphatic heterocycles. The largest absolute Gasteiger partial charge is 0.379 e. The average molecular weight is 419 g/mol. The van der Waals surface area contributed by atoms with Crippen molar-refractivity contribution in [3.63, 3.8) is 0 Å². The second-order valence-electron chi connectivity index (χ2n) is 7.17. The molecule has 0 saturated carbocycles. The van der Waals surface area contributed by atoms with Gasteiger partial charge in [0.05, 0.1) is 18.1 Å². The van der Waals surface area contributed by atoms with E-state index in [1.165, 1.54) is 15.9 Å².